The Labute approximate surface area is 118 Å². The van der Waals surface area contributed by atoms with E-state index in [1.807, 2.05) is 45.0 Å². The monoisotopic (exact) mass is 276 g/mol. The molecule has 0 saturated heterocycles. The van der Waals surface area contributed by atoms with E-state index in [2.05, 4.69) is 5.32 Å². The molecule has 0 aromatic heterocycles. The van der Waals surface area contributed by atoms with Gasteiger partial charge in [0.25, 0.3) is 0 Å². The van der Waals surface area contributed by atoms with Crippen LogP contribution in [0.1, 0.15) is 31.9 Å². The topological polar surface area (TPSA) is 81.4 Å². The van der Waals surface area contributed by atoms with E-state index >= 15 is 0 Å². The number of alkyl carbamates (subject to hydrolysis) is 1. The van der Waals surface area contributed by atoms with Gasteiger partial charge in [-0.3, -0.25) is 4.79 Å². The van der Waals surface area contributed by atoms with Crippen LogP contribution >= 0.6 is 0 Å². The SMILES string of the molecule is CC(C)(C)OC(=O)NCc1cccc(C=CC(N)=O)c1. The molecule has 5 heteroatoms. The predicted octanol–water partition coefficient (Wildman–Crippen LogP) is 2.21. The van der Waals surface area contributed by atoms with E-state index in [0.29, 0.717) is 6.54 Å². The number of primary amides is 1. The Morgan fingerprint density at radius 1 is 1.35 bits per heavy atom. The summed E-state index contributed by atoms with van der Waals surface area (Å²) in [5.41, 5.74) is 6.26. The van der Waals surface area contributed by atoms with Crippen molar-refractivity contribution in [2.75, 3.05) is 0 Å². The van der Waals surface area contributed by atoms with Crippen molar-refractivity contribution in [2.45, 2.75) is 32.9 Å². The Morgan fingerprint density at radius 2 is 2.05 bits per heavy atom. The van der Waals surface area contributed by atoms with Gasteiger partial charge in [0.2, 0.25) is 5.91 Å². The molecule has 0 heterocycles. The number of rotatable bonds is 4. The summed E-state index contributed by atoms with van der Waals surface area (Å²) < 4.78 is 5.14. The van der Waals surface area contributed by atoms with Gasteiger partial charge in [0, 0.05) is 12.6 Å². The molecule has 0 aliphatic carbocycles. The zero-order chi connectivity index (χ0) is 15.2. The molecule has 0 atom stereocenters. The lowest BCUT2D eigenvalue weighted by atomic mass is 10.1. The third-order valence-corrected chi connectivity index (χ3v) is 2.23. The summed E-state index contributed by atoms with van der Waals surface area (Å²) >= 11 is 0. The smallest absolute Gasteiger partial charge is 0.407 e. The highest BCUT2D eigenvalue weighted by molar-refractivity contribution is 5.90. The van der Waals surface area contributed by atoms with E-state index in [0.717, 1.165) is 11.1 Å². The number of nitrogens with two attached hydrogens (primary N) is 1. The first-order chi connectivity index (χ1) is 9.26. The fourth-order valence-corrected chi connectivity index (χ4v) is 1.47. The highest BCUT2D eigenvalue weighted by Crippen LogP contribution is 2.09. The van der Waals surface area contributed by atoms with Crippen LogP contribution in [0, 0.1) is 0 Å². The third-order valence-electron chi connectivity index (χ3n) is 2.23. The average molecular weight is 276 g/mol. The standard InChI is InChI=1S/C15H20N2O3/c1-15(2,3)20-14(19)17-10-12-6-4-5-11(9-12)7-8-13(16)18/h4-9H,10H2,1-3H3,(H2,16,18)(H,17,19). The van der Waals surface area contributed by atoms with Gasteiger partial charge in [-0.05, 0) is 44.0 Å². The molecule has 108 valence electrons. The first-order valence-electron chi connectivity index (χ1n) is 6.29. The fraction of sp³-hybridized carbons (Fsp3) is 0.333. The van der Waals surface area contributed by atoms with Gasteiger partial charge in [0.05, 0.1) is 0 Å². The molecule has 1 aromatic carbocycles. The van der Waals surface area contributed by atoms with Crippen molar-refractivity contribution in [2.24, 2.45) is 5.73 Å². The Hall–Kier alpha value is -2.30. The number of benzene rings is 1. The maximum atomic E-state index is 11.5. The van der Waals surface area contributed by atoms with Gasteiger partial charge in [-0.1, -0.05) is 18.2 Å². The second-order valence-electron chi connectivity index (χ2n) is 5.34. The number of hydrogen-bond acceptors (Lipinski definition) is 3. The summed E-state index contributed by atoms with van der Waals surface area (Å²) in [7, 11) is 0. The van der Waals surface area contributed by atoms with Crippen molar-refractivity contribution >= 4 is 18.1 Å². The molecule has 1 aromatic rings. The number of amides is 2. The lowest BCUT2D eigenvalue weighted by Gasteiger charge is -2.19. The Kier molecular flexibility index (Phi) is 5.32. The Bertz CT molecular complexity index is 516. The molecule has 1 rings (SSSR count). The average Bonchev–Trinajstić information content (AvgIpc) is 2.32. The van der Waals surface area contributed by atoms with Crippen LogP contribution < -0.4 is 11.1 Å². The molecule has 0 aliphatic rings. The summed E-state index contributed by atoms with van der Waals surface area (Å²) in [5.74, 6) is -0.498. The van der Waals surface area contributed by atoms with Crippen molar-refractivity contribution in [3.8, 4) is 0 Å². The van der Waals surface area contributed by atoms with Gasteiger partial charge >= 0.3 is 6.09 Å². The number of ether oxygens (including phenoxy) is 1. The lowest BCUT2D eigenvalue weighted by molar-refractivity contribution is -0.113. The van der Waals surface area contributed by atoms with E-state index in [-0.39, 0.29) is 0 Å². The summed E-state index contributed by atoms with van der Waals surface area (Å²) in [6.07, 6.45) is 2.45. The molecule has 0 radical (unpaired) electrons. The molecule has 0 spiro atoms. The Morgan fingerprint density at radius 3 is 2.65 bits per heavy atom. The van der Waals surface area contributed by atoms with E-state index in [9.17, 15) is 9.59 Å². The lowest BCUT2D eigenvalue weighted by Crippen LogP contribution is -2.32. The van der Waals surface area contributed by atoms with Crippen LogP contribution in [0.2, 0.25) is 0 Å². The van der Waals surface area contributed by atoms with E-state index in [1.165, 1.54) is 6.08 Å². The normalized spacial score (nSPS) is 11.3. The van der Waals surface area contributed by atoms with Crippen LogP contribution in [0.3, 0.4) is 0 Å². The minimum absolute atomic E-state index is 0.354. The van der Waals surface area contributed by atoms with Crippen LogP contribution in [0.25, 0.3) is 6.08 Å². The number of carbonyl (C=O) groups excluding carboxylic acids is 2. The largest absolute Gasteiger partial charge is 0.444 e. The third kappa shape index (κ3) is 6.58. The Balaban J connectivity index is 2.59. The van der Waals surface area contributed by atoms with Gasteiger partial charge in [0.15, 0.2) is 0 Å². The zero-order valence-corrected chi connectivity index (χ0v) is 12.0. The second kappa shape index (κ2) is 6.75. The molecule has 5 nitrogen and oxygen atoms in total. The minimum atomic E-state index is -0.518. The molecule has 0 aliphatic heterocycles. The summed E-state index contributed by atoms with van der Waals surface area (Å²) in [6, 6.07) is 7.42. The highest BCUT2D eigenvalue weighted by Gasteiger charge is 2.15. The molecule has 0 unspecified atom stereocenters. The first-order valence-corrected chi connectivity index (χ1v) is 6.29. The molecule has 0 bridgehead atoms. The predicted molar refractivity (Wildman–Crippen MR) is 77.7 cm³/mol. The molecule has 3 N–H and O–H groups in total. The van der Waals surface area contributed by atoms with Crippen molar-refractivity contribution in [3.63, 3.8) is 0 Å². The van der Waals surface area contributed by atoms with Gasteiger partial charge < -0.3 is 15.8 Å². The molecule has 20 heavy (non-hydrogen) atoms. The highest BCUT2D eigenvalue weighted by atomic mass is 16.6. The van der Waals surface area contributed by atoms with Gasteiger partial charge in [-0.25, -0.2) is 4.79 Å². The molecule has 2 amide bonds. The van der Waals surface area contributed by atoms with Crippen molar-refractivity contribution < 1.29 is 14.3 Å². The second-order valence-corrected chi connectivity index (χ2v) is 5.34. The maximum Gasteiger partial charge on any atom is 0.407 e. The van der Waals surface area contributed by atoms with Crippen molar-refractivity contribution in [1.82, 2.24) is 5.32 Å². The van der Waals surface area contributed by atoms with Crippen molar-refractivity contribution in [3.05, 3.63) is 41.5 Å². The van der Waals surface area contributed by atoms with E-state index in [4.69, 9.17) is 10.5 Å². The zero-order valence-electron chi connectivity index (χ0n) is 12.0. The van der Waals surface area contributed by atoms with Gasteiger partial charge in [0.1, 0.15) is 5.60 Å². The van der Waals surface area contributed by atoms with Crippen LogP contribution in [0.4, 0.5) is 4.79 Å². The molecule has 0 saturated carbocycles. The van der Waals surface area contributed by atoms with Gasteiger partial charge in [-0.15, -0.1) is 0 Å². The number of nitrogens with one attached hydrogen (secondary N) is 1. The summed E-state index contributed by atoms with van der Waals surface area (Å²) in [6.45, 7) is 5.78. The summed E-state index contributed by atoms with van der Waals surface area (Å²) in [4.78, 5) is 22.2. The van der Waals surface area contributed by atoms with Crippen molar-refractivity contribution in [1.29, 1.82) is 0 Å². The quantitative estimate of drug-likeness (QED) is 0.827. The molecular formula is C15H20N2O3. The van der Waals surface area contributed by atoms with Crippen LogP contribution in [-0.4, -0.2) is 17.6 Å². The van der Waals surface area contributed by atoms with E-state index < -0.39 is 17.6 Å². The minimum Gasteiger partial charge on any atom is -0.444 e. The first kappa shape index (κ1) is 15.8. The number of carbonyl (C=O) groups is 2. The van der Waals surface area contributed by atoms with Crippen LogP contribution in [-0.2, 0) is 16.1 Å². The summed E-state index contributed by atoms with van der Waals surface area (Å²) in [5, 5.41) is 2.67. The molecular weight excluding hydrogens is 256 g/mol. The van der Waals surface area contributed by atoms with Gasteiger partial charge in [-0.2, -0.15) is 0 Å². The van der Waals surface area contributed by atoms with Crippen LogP contribution in [0.5, 0.6) is 0 Å². The molecule has 0 fully saturated rings. The van der Waals surface area contributed by atoms with E-state index in [1.54, 1.807) is 6.08 Å². The maximum absolute atomic E-state index is 11.5. The fourth-order valence-electron chi connectivity index (χ4n) is 1.47. The van der Waals surface area contributed by atoms with Crippen LogP contribution in [0.15, 0.2) is 30.3 Å². The number of hydrogen-bond donors (Lipinski definition) is 2.